The molecule has 3 rings (SSSR count). The molecule has 0 N–H and O–H groups in total. The molecule has 0 unspecified atom stereocenters. The lowest BCUT2D eigenvalue weighted by Crippen LogP contribution is -2.10. The molecule has 0 saturated carbocycles. The fraction of sp³-hybridized carbons (Fsp3) is 0.0526. The van der Waals surface area contributed by atoms with Crippen LogP contribution in [0.1, 0.15) is 17.2 Å². The Balaban J connectivity index is 2.03. The summed E-state index contributed by atoms with van der Waals surface area (Å²) < 4.78 is 6.03. The van der Waals surface area contributed by atoms with Crippen LogP contribution in [0.5, 0.6) is 5.75 Å². The van der Waals surface area contributed by atoms with Crippen LogP contribution in [0.15, 0.2) is 78.9 Å². The predicted octanol–water partition coefficient (Wildman–Crippen LogP) is 5.42. The van der Waals surface area contributed by atoms with Gasteiger partial charge in [-0.15, -0.1) is 0 Å². The predicted molar refractivity (Wildman–Crippen MR) is 93.5 cm³/mol. The van der Waals surface area contributed by atoms with Gasteiger partial charge in [-0.2, -0.15) is 0 Å². The lowest BCUT2D eigenvalue weighted by molar-refractivity contribution is -0.386. The molecule has 24 heavy (non-hydrogen) atoms. The molecular weight excluding hydrogens is 326 g/mol. The third-order valence-electron chi connectivity index (χ3n) is 3.58. The van der Waals surface area contributed by atoms with Crippen LogP contribution in [0.25, 0.3) is 0 Å². The SMILES string of the molecule is O=[N+]([O-])c1ccccc1O[C@H](c1ccccc1)c1ccc(Cl)cc1. The van der Waals surface area contributed by atoms with E-state index in [1.165, 1.54) is 6.07 Å². The molecule has 0 aliphatic heterocycles. The Morgan fingerprint density at radius 1 is 0.833 bits per heavy atom. The van der Waals surface area contributed by atoms with Crippen LogP contribution in [0.2, 0.25) is 5.02 Å². The number of nitro groups is 1. The molecule has 5 heteroatoms. The first-order valence-electron chi connectivity index (χ1n) is 7.35. The molecule has 0 spiro atoms. The van der Waals surface area contributed by atoms with Crippen LogP contribution in [0.4, 0.5) is 5.69 Å². The summed E-state index contributed by atoms with van der Waals surface area (Å²) >= 11 is 5.96. The first kappa shape index (κ1) is 16.0. The van der Waals surface area contributed by atoms with Gasteiger partial charge in [0.25, 0.3) is 0 Å². The van der Waals surface area contributed by atoms with Gasteiger partial charge in [0.05, 0.1) is 4.92 Å². The van der Waals surface area contributed by atoms with E-state index in [0.29, 0.717) is 5.02 Å². The zero-order valence-electron chi connectivity index (χ0n) is 12.6. The molecule has 0 aliphatic rings. The van der Waals surface area contributed by atoms with Crippen molar-refractivity contribution in [2.24, 2.45) is 0 Å². The van der Waals surface area contributed by atoms with Crippen molar-refractivity contribution >= 4 is 17.3 Å². The number of halogens is 1. The minimum absolute atomic E-state index is 0.0626. The molecular formula is C19H14ClNO3. The molecule has 0 aromatic heterocycles. The van der Waals surface area contributed by atoms with Gasteiger partial charge in [0.2, 0.25) is 0 Å². The first-order valence-corrected chi connectivity index (χ1v) is 7.73. The van der Waals surface area contributed by atoms with Crippen LogP contribution in [0, 0.1) is 10.1 Å². The standard InChI is InChI=1S/C19H14ClNO3/c20-16-12-10-15(11-13-16)19(14-6-2-1-3-7-14)24-18-9-5-4-8-17(18)21(22)23/h1-13,19H/t19-/m1/s1. The second-order valence-corrected chi connectivity index (χ2v) is 5.62. The van der Waals surface area contributed by atoms with Crippen LogP contribution < -0.4 is 4.74 Å². The number of rotatable bonds is 5. The van der Waals surface area contributed by atoms with Crippen molar-refractivity contribution in [3.8, 4) is 5.75 Å². The molecule has 4 nitrogen and oxygen atoms in total. The van der Waals surface area contributed by atoms with Crippen molar-refractivity contribution in [1.29, 1.82) is 0 Å². The average molecular weight is 340 g/mol. The molecule has 3 aromatic rings. The molecule has 0 heterocycles. The Morgan fingerprint density at radius 2 is 1.42 bits per heavy atom. The van der Waals surface area contributed by atoms with Gasteiger partial charge in [0.1, 0.15) is 6.10 Å². The van der Waals surface area contributed by atoms with Crippen molar-refractivity contribution < 1.29 is 9.66 Å². The highest BCUT2D eigenvalue weighted by atomic mass is 35.5. The Labute approximate surface area is 144 Å². The smallest absolute Gasteiger partial charge is 0.310 e. The van der Waals surface area contributed by atoms with Gasteiger partial charge in [0.15, 0.2) is 5.75 Å². The summed E-state index contributed by atoms with van der Waals surface area (Å²) in [7, 11) is 0. The number of nitrogens with zero attached hydrogens (tertiary/aromatic N) is 1. The summed E-state index contributed by atoms with van der Waals surface area (Å²) in [5.74, 6) is 0.228. The minimum Gasteiger partial charge on any atom is -0.474 e. The van der Waals surface area contributed by atoms with Gasteiger partial charge in [-0.25, -0.2) is 0 Å². The maximum atomic E-state index is 11.2. The quantitative estimate of drug-likeness (QED) is 0.461. The van der Waals surface area contributed by atoms with Crippen LogP contribution in [-0.4, -0.2) is 4.92 Å². The van der Waals surface area contributed by atoms with E-state index in [9.17, 15) is 10.1 Å². The summed E-state index contributed by atoms with van der Waals surface area (Å²) in [6.07, 6.45) is -0.468. The molecule has 0 saturated heterocycles. The molecule has 3 aromatic carbocycles. The number of nitro benzene ring substituents is 1. The molecule has 120 valence electrons. The maximum Gasteiger partial charge on any atom is 0.310 e. The summed E-state index contributed by atoms with van der Waals surface area (Å²) in [5.41, 5.74) is 1.70. The Hall–Kier alpha value is -2.85. The molecule has 0 radical (unpaired) electrons. The molecule has 0 amide bonds. The van der Waals surface area contributed by atoms with E-state index < -0.39 is 11.0 Å². The van der Waals surface area contributed by atoms with Crippen molar-refractivity contribution in [3.05, 3.63) is 105 Å². The highest BCUT2D eigenvalue weighted by Gasteiger charge is 2.21. The lowest BCUT2D eigenvalue weighted by atomic mass is 10.0. The van der Waals surface area contributed by atoms with E-state index in [2.05, 4.69) is 0 Å². The maximum absolute atomic E-state index is 11.2. The average Bonchev–Trinajstić information content (AvgIpc) is 2.61. The fourth-order valence-electron chi connectivity index (χ4n) is 2.43. The van der Waals surface area contributed by atoms with Crippen molar-refractivity contribution in [2.75, 3.05) is 0 Å². The third-order valence-corrected chi connectivity index (χ3v) is 3.83. The normalized spacial score (nSPS) is 11.7. The van der Waals surface area contributed by atoms with E-state index in [-0.39, 0.29) is 11.4 Å². The van der Waals surface area contributed by atoms with E-state index in [1.54, 1.807) is 30.3 Å². The number of ether oxygens (including phenoxy) is 1. The molecule has 0 aliphatic carbocycles. The molecule has 1 atom stereocenters. The minimum atomic E-state index is -0.468. The van der Waals surface area contributed by atoms with E-state index in [0.717, 1.165) is 11.1 Å². The molecule has 0 bridgehead atoms. The number of benzene rings is 3. The first-order chi connectivity index (χ1) is 11.6. The second kappa shape index (κ2) is 7.15. The van der Waals surface area contributed by atoms with E-state index in [1.807, 2.05) is 42.5 Å². The zero-order valence-corrected chi connectivity index (χ0v) is 13.4. The number of hydrogen-bond acceptors (Lipinski definition) is 3. The number of hydrogen-bond donors (Lipinski definition) is 0. The number of para-hydroxylation sites is 2. The monoisotopic (exact) mass is 339 g/mol. The van der Waals surface area contributed by atoms with Crippen LogP contribution in [-0.2, 0) is 0 Å². The van der Waals surface area contributed by atoms with Crippen molar-refractivity contribution in [3.63, 3.8) is 0 Å². The Morgan fingerprint density at radius 3 is 2.08 bits per heavy atom. The summed E-state index contributed by atoms with van der Waals surface area (Å²) in [4.78, 5) is 10.8. The lowest BCUT2D eigenvalue weighted by Gasteiger charge is -2.20. The van der Waals surface area contributed by atoms with E-state index >= 15 is 0 Å². The van der Waals surface area contributed by atoms with E-state index in [4.69, 9.17) is 16.3 Å². The van der Waals surface area contributed by atoms with Crippen molar-refractivity contribution in [2.45, 2.75) is 6.10 Å². The van der Waals surface area contributed by atoms with Gasteiger partial charge in [-0.05, 0) is 29.3 Å². The van der Waals surface area contributed by atoms with Gasteiger partial charge in [-0.3, -0.25) is 10.1 Å². The highest BCUT2D eigenvalue weighted by Crippen LogP contribution is 2.34. The zero-order chi connectivity index (χ0) is 16.9. The van der Waals surface area contributed by atoms with Gasteiger partial charge in [0, 0.05) is 11.1 Å². The summed E-state index contributed by atoms with van der Waals surface area (Å²) in [6.45, 7) is 0. The van der Waals surface area contributed by atoms with Crippen molar-refractivity contribution in [1.82, 2.24) is 0 Å². The largest absolute Gasteiger partial charge is 0.474 e. The summed E-state index contributed by atoms with van der Waals surface area (Å²) in [5, 5.41) is 11.9. The Kier molecular flexibility index (Phi) is 4.77. The van der Waals surface area contributed by atoms with Gasteiger partial charge < -0.3 is 4.74 Å². The van der Waals surface area contributed by atoms with Crippen LogP contribution in [0.3, 0.4) is 0 Å². The highest BCUT2D eigenvalue weighted by molar-refractivity contribution is 6.30. The van der Waals surface area contributed by atoms with Crippen LogP contribution >= 0.6 is 11.6 Å². The van der Waals surface area contributed by atoms with Gasteiger partial charge >= 0.3 is 5.69 Å². The third kappa shape index (κ3) is 3.55. The topological polar surface area (TPSA) is 52.4 Å². The molecule has 0 fully saturated rings. The Bertz CT molecular complexity index is 835. The summed E-state index contributed by atoms with van der Waals surface area (Å²) in [6, 6.07) is 23.2. The van der Waals surface area contributed by atoms with Gasteiger partial charge in [-0.1, -0.05) is 66.2 Å². The second-order valence-electron chi connectivity index (χ2n) is 5.18. The fourth-order valence-corrected chi connectivity index (χ4v) is 2.55.